The third-order valence-electron chi connectivity index (χ3n) is 7.88. The van der Waals surface area contributed by atoms with E-state index in [1.807, 2.05) is 81.6 Å². The number of aromatic nitrogens is 4. The zero-order valence-electron chi connectivity index (χ0n) is 25.2. The van der Waals surface area contributed by atoms with Gasteiger partial charge in [0.15, 0.2) is 0 Å². The van der Waals surface area contributed by atoms with Gasteiger partial charge >= 0.3 is 0 Å². The van der Waals surface area contributed by atoms with Gasteiger partial charge in [-0.3, -0.25) is 9.59 Å². The number of nitrogens with zero attached hydrogens (tertiary/aromatic N) is 5. The Bertz CT molecular complexity index is 1880. The zero-order chi connectivity index (χ0) is 30.6. The van der Waals surface area contributed by atoms with Gasteiger partial charge in [-0.2, -0.15) is 0 Å². The van der Waals surface area contributed by atoms with Crippen molar-refractivity contribution in [1.29, 1.82) is 0 Å². The second kappa shape index (κ2) is 12.7. The highest BCUT2D eigenvalue weighted by Gasteiger charge is 2.15. The normalized spacial score (nSPS) is 11.5. The first-order valence-corrected chi connectivity index (χ1v) is 15.0. The van der Waals surface area contributed by atoms with Crippen LogP contribution >= 0.6 is 0 Å². The summed E-state index contributed by atoms with van der Waals surface area (Å²) in [5, 5.41) is 6.07. The first-order valence-electron chi connectivity index (χ1n) is 15.0. The van der Waals surface area contributed by atoms with Gasteiger partial charge in [0.25, 0.3) is 11.8 Å². The van der Waals surface area contributed by atoms with Crippen LogP contribution in [0.15, 0.2) is 72.8 Å². The number of hydrogen-bond acceptors (Lipinski definition) is 7. The van der Waals surface area contributed by atoms with E-state index in [1.54, 1.807) is 12.1 Å². The number of carbonyl (C=O) groups excluding carboxylic acids is 2. The smallest absolute Gasteiger partial charge is 0.253 e. The number of rotatable bonds is 10. The summed E-state index contributed by atoms with van der Waals surface area (Å²) in [6.07, 6.45) is 1.60. The Morgan fingerprint density at radius 3 is 1.39 bits per heavy atom. The molecular weight excluding hydrogens is 550 g/mol. The Morgan fingerprint density at radius 1 is 0.568 bits per heavy atom. The molecule has 6 aromatic rings. The lowest BCUT2D eigenvalue weighted by molar-refractivity contribution is 0.0947. The molecule has 2 amide bonds. The van der Waals surface area contributed by atoms with Crippen LogP contribution in [0.4, 0.5) is 0 Å². The number of fused-ring (bicyclic) bond motifs is 4. The monoisotopic (exact) mass is 585 g/mol. The maximum Gasteiger partial charge on any atom is 0.253 e. The SMILES string of the molecule is Cc1cccc2nc3cccc(C(=O)NCCCN(C)CCCNC(=O)c4cccc5nc6cccc(C)c6nc45)c3nc12. The van der Waals surface area contributed by atoms with Gasteiger partial charge in [-0.15, -0.1) is 0 Å². The van der Waals surface area contributed by atoms with Crippen molar-refractivity contribution in [2.24, 2.45) is 0 Å². The molecule has 0 bridgehead atoms. The molecule has 0 spiro atoms. The van der Waals surface area contributed by atoms with Crippen LogP contribution in [-0.4, -0.2) is 69.9 Å². The zero-order valence-corrected chi connectivity index (χ0v) is 25.2. The fraction of sp³-hybridized carbons (Fsp3) is 0.257. The molecular formula is C35H35N7O2. The van der Waals surface area contributed by atoms with Crippen molar-refractivity contribution in [2.75, 3.05) is 33.2 Å². The molecule has 0 radical (unpaired) electrons. The van der Waals surface area contributed by atoms with Gasteiger partial charge in [-0.1, -0.05) is 36.4 Å². The van der Waals surface area contributed by atoms with Crippen LogP contribution in [-0.2, 0) is 0 Å². The molecule has 0 fully saturated rings. The van der Waals surface area contributed by atoms with Crippen LogP contribution in [0.5, 0.6) is 0 Å². The average molecular weight is 586 g/mol. The number of benzene rings is 4. The highest BCUT2D eigenvalue weighted by atomic mass is 16.2. The van der Waals surface area contributed by atoms with Crippen molar-refractivity contribution >= 4 is 55.9 Å². The molecule has 0 unspecified atom stereocenters. The number of hydrogen-bond donors (Lipinski definition) is 2. The predicted molar refractivity (Wildman–Crippen MR) is 175 cm³/mol. The highest BCUT2D eigenvalue weighted by molar-refractivity contribution is 6.07. The molecule has 4 aromatic carbocycles. The molecule has 6 rings (SSSR count). The molecule has 222 valence electrons. The molecule has 0 aliphatic carbocycles. The number of aryl methyl sites for hydroxylation is 2. The van der Waals surface area contributed by atoms with E-state index in [0.29, 0.717) is 46.3 Å². The Kier molecular flexibility index (Phi) is 8.38. The lowest BCUT2D eigenvalue weighted by Crippen LogP contribution is -2.31. The van der Waals surface area contributed by atoms with Crippen molar-refractivity contribution < 1.29 is 9.59 Å². The summed E-state index contributed by atoms with van der Waals surface area (Å²) in [5.41, 5.74) is 9.04. The Balaban J connectivity index is 0.971. The van der Waals surface area contributed by atoms with E-state index in [0.717, 1.165) is 59.1 Å². The molecule has 0 atom stereocenters. The number of nitrogens with one attached hydrogen (secondary N) is 2. The first-order chi connectivity index (χ1) is 21.4. The highest BCUT2D eigenvalue weighted by Crippen LogP contribution is 2.23. The topological polar surface area (TPSA) is 113 Å². The van der Waals surface area contributed by atoms with E-state index in [2.05, 4.69) is 15.5 Å². The molecule has 9 nitrogen and oxygen atoms in total. The fourth-order valence-electron chi connectivity index (χ4n) is 5.49. The van der Waals surface area contributed by atoms with Gasteiger partial charge in [0, 0.05) is 13.1 Å². The summed E-state index contributed by atoms with van der Waals surface area (Å²) in [7, 11) is 2.05. The molecule has 0 aliphatic heterocycles. The molecule has 0 aliphatic rings. The third-order valence-corrected chi connectivity index (χ3v) is 7.88. The quantitative estimate of drug-likeness (QED) is 0.164. The minimum absolute atomic E-state index is 0.149. The largest absolute Gasteiger partial charge is 0.352 e. The number of carbonyl (C=O) groups is 2. The summed E-state index contributed by atoms with van der Waals surface area (Å²) in [5.74, 6) is -0.297. The van der Waals surface area contributed by atoms with E-state index in [-0.39, 0.29) is 11.8 Å². The van der Waals surface area contributed by atoms with Crippen molar-refractivity contribution in [2.45, 2.75) is 26.7 Å². The summed E-state index contributed by atoms with van der Waals surface area (Å²) in [4.78, 5) is 47.3. The lowest BCUT2D eigenvalue weighted by atomic mass is 10.1. The van der Waals surface area contributed by atoms with Gasteiger partial charge in [0.1, 0.15) is 11.0 Å². The van der Waals surface area contributed by atoms with Crippen LogP contribution in [0.1, 0.15) is 44.7 Å². The van der Waals surface area contributed by atoms with Crippen LogP contribution in [0.2, 0.25) is 0 Å². The molecule has 2 N–H and O–H groups in total. The molecule has 0 saturated heterocycles. The summed E-state index contributed by atoms with van der Waals surface area (Å²) in [6, 6.07) is 22.9. The van der Waals surface area contributed by atoms with Crippen LogP contribution in [0.3, 0.4) is 0 Å². The summed E-state index contributed by atoms with van der Waals surface area (Å²) >= 11 is 0. The Labute approximate surface area is 255 Å². The summed E-state index contributed by atoms with van der Waals surface area (Å²) in [6.45, 7) is 6.73. The molecule has 44 heavy (non-hydrogen) atoms. The second-order valence-corrected chi connectivity index (χ2v) is 11.2. The predicted octanol–water partition coefficient (Wildman–Crippen LogP) is 5.37. The van der Waals surface area contributed by atoms with Gasteiger partial charge in [-0.25, -0.2) is 19.9 Å². The standard InChI is InChI=1S/C35H35N7O2/c1-22-10-4-14-26-30(22)40-32-24(12-6-16-28(32)38-26)34(43)36-18-8-20-42(3)21-9-19-37-35(44)25-13-7-17-29-33(25)41-31-23(2)11-5-15-27(31)39-29/h4-7,10-17H,8-9,18-21H2,1-3H3,(H,36,43)(H,37,44). The van der Waals surface area contributed by atoms with Crippen molar-refractivity contribution in [3.05, 3.63) is 95.1 Å². The third kappa shape index (κ3) is 6.05. The van der Waals surface area contributed by atoms with Gasteiger partial charge in [-0.05, 0) is 94.4 Å². The van der Waals surface area contributed by atoms with E-state index in [9.17, 15) is 9.59 Å². The van der Waals surface area contributed by atoms with Gasteiger partial charge < -0.3 is 15.5 Å². The molecule has 2 aromatic heterocycles. The number of amides is 2. The first kappa shape index (κ1) is 29.1. The van der Waals surface area contributed by atoms with Crippen LogP contribution in [0.25, 0.3) is 44.1 Å². The van der Waals surface area contributed by atoms with E-state index < -0.39 is 0 Å². The van der Waals surface area contributed by atoms with Gasteiger partial charge in [0.2, 0.25) is 0 Å². The van der Waals surface area contributed by atoms with Crippen LogP contribution in [0, 0.1) is 13.8 Å². The fourth-order valence-corrected chi connectivity index (χ4v) is 5.49. The second-order valence-electron chi connectivity index (χ2n) is 11.2. The molecule has 9 heteroatoms. The minimum atomic E-state index is -0.149. The average Bonchev–Trinajstić information content (AvgIpc) is 3.03. The maximum atomic E-state index is 13.0. The molecule has 0 saturated carbocycles. The Morgan fingerprint density at radius 2 is 0.955 bits per heavy atom. The maximum absolute atomic E-state index is 13.0. The van der Waals surface area contributed by atoms with E-state index in [1.165, 1.54) is 0 Å². The number of para-hydroxylation sites is 4. The minimum Gasteiger partial charge on any atom is -0.352 e. The van der Waals surface area contributed by atoms with Crippen LogP contribution < -0.4 is 10.6 Å². The van der Waals surface area contributed by atoms with E-state index in [4.69, 9.17) is 19.9 Å². The van der Waals surface area contributed by atoms with E-state index >= 15 is 0 Å². The Hall–Kier alpha value is -5.02. The molecule has 2 heterocycles. The van der Waals surface area contributed by atoms with Gasteiger partial charge in [0.05, 0.1) is 44.2 Å². The van der Waals surface area contributed by atoms with Crippen molar-refractivity contribution in [1.82, 2.24) is 35.5 Å². The van der Waals surface area contributed by atoms with Crippen molar-refractivity contribution in [3.63, 3.8) is 0 Å². The summed E-state index contributed by atoms with van der Waals surface area (Å²) < 4.78 is 0. The lowest BCUT2D eigenvalue weighted by Gasteiger charge is -2.17. The van der Waals surface area contributed by atoms with Crippen molar-refractivity contribution in [3.8, 4) is 0 Å².